The van der Waals surface area contributed by atoms with E-state index in [2.05, 4.69) is 39.9 Å². The van der Waals surface area contributed by atoms with Crippen molar-refractivity contribution < 1.29 is 4.74 Å². The van der Waals surface area contributed by atoms with Crippen molar-refractivity contribution in [2.75, 3.05) is 13.7 Å². The first-order valence-corrected chi connectivity index (χ1v) is 6.75. The van der Waals surface area contributed by atoms with E-state index in [-0.39, 0.29) is 5.60 Å². The van der Waals surface area contributed by atoms with Crippen LogP contribution >= 0.6 is 0 Å². The van der Waals surface area contributed by atoms with Crippen LogP contribution in [0.5, 0.6) is 0 Å². The average molecular weight is 229 g/mol. The molecule has 0 heterocycles. The van der Waals surface area contributed by atoms with E-state index >= 15 is 0 Å². The van der Waals surface area contributed by atoms with Gasteiger partial charge in [-0.3, -0.25) is 0 Å². The minimum atomic E-state index is -0.000692. The third-order valence-electron chi connectivity index (χ3n) is 3.31. The number of nitrogens with one attached hydrogen (secondary N) is 1. The molecular weight excluding hydrogens is 198 g/mol. The number of hydrogen-bond donors (Lipinski definition) is 1. The first-order chi connectivity index (χ1) is 7.46. The summed E-state index contributed by atoms with van der Waals surface area (Å²) in [5.74, 6) is 0.668. The molecule has 0 bridgehead atoms. The molecule has 0 aromatic carbocycles. The summed E-state index contributed by atoms with van der Waals surface area (Å²) in [5.41, 5.74) is -0.000692. The van der Waals surface area contributed by atoms with Crippen LogP contribution in [-0.2, 0) is 4.74 Å². The average Bonchev–Trinajstić information content (AvgIpc) is 2.23. The highest BCUT2D eigenvalue weighted by Gasteiger charge is 2.24. The van der Waals surface area contributed by atoms with Crippen LogP contribution in [0.15, 0.2) is 0 Å². The summed E-state index contributed by atoms with van der Waals surface area (Å²) < 4.78 is 5.51. The fourth-order valence-corrected chi connectivity index (χ4v) is 2.23. The molecule has 98 valence electrons. The van der Waals surface area contributed by atoms with Gasteiger partial charge in [0.1, 0.15) is 0 Å². The summed E-state index contributed by atoms with van der Waals surface area (Å²) in [6.07, 6.45) is 4.84. The van der Waals surface area contributed by atoms with E-state index in [4.69, 9.17) is 4.74 Å². The highest BCUT2D eigenvalue weighted by Crippen LogP contribution is 2.23. The predicted molar refractivity (Wildman–Crippen MR) is 71.9 cm³/mol. The molecule has 2 heteroatoms. The molecule has 0 rings (SSSR count). The van der Waals surface area contributed by atoms with Gasteiger partial charge in [0, 0.05) is 13.2 Å². The SMILES string of the molecule is CCCNC(CCC)C(C)CC(C)(C)OC. The van der Waals surface area contributed by atoms with Crippen LogP contribution in [0.25, 0.3) is 0 Å². The van der Waals surface area contributed by atoms with Gasteiger partial charge in [-0.15, -0.1) is 0 Å². The van der Waals surface area contributed by atoms with Crippen molar-refractivity contribution >= 4 is 0 Å². The van der Waals surface area contributed by atoms with Crippen LogP contribution in [0.2, 0.25) is 0 Å². The number of hydrogen-bond acceptors (Lipinski definition) is 2. The second kappa shape index (κ2) is 8.08. The van der Waals surface area contributed by atoms with Crippen molar-refractivity contribution in [1.82, 2.24) is 5.32 Å². The van der Waals surface area contributed by atoms with Gasteiger partial charge in [-0.2, -0.15) is 0 Å². The molecule has 0 aromatic rings. The van der Waals surface area contributed by atoms with Gasteiger partial charge in [0.25, 0.3) is 0 Å². The Labute approximate surface area is 102 Å². The molecule has 0 spiro atoms. The fraction of sp³-hybridized carbons (Fsp3) is 1.00. The fourth-order valence-electron chi connectivity index (χ4n) is 2.23. The molecule has 0 aliphatic heterocycles. The third-order valence-corrected chi connectivity index (χ3v) is 3.31. The van der Waals surface area contributed by atoms with E-state index in [9.17, 15) is 0 Å². The number of methoxy groups -OCH3 is 1. The maximum absolute atomic E-state index is 5.51. The highest BCUT2D eigenvalue weighted by molar-refractivity contribution is 4.80. The first-order valence-electron chi connectivity index (χ1n) is 6.75. The second-order valence-electron chi connectivity index (χ2n) is 5.49. The summed E-state index contributed by atoms with van der Waals surface area (Å²) in [4.78, 5) is 0. The minimum absolute atomic E-state index is 0.000692. The largest absolute Gasteiger partial charge is 0.379 e. The van der Waals surface area contributed by atoms with Crippen molar-refractivity contribution in [2.24, 2.45) is 5.92 Å². The van der Waals surface area contributed by atoms with E-state index < -0.39 is 0 Å². The van der Waals surface area contributed by atoms with Crippen LogP contribution in [0.1, 0.15) is 60.3 Å². The van der Waals surface area contributed by atoms with E-state index in [0.29, 0.717) is 12.0 Å². The Balaban J connectivity index is 4.19. The molecule has 16 heavy (non-hydrogen) atoms. The smallest absolute Gasteiger partial charge is 0.0625 e. The molecule has 0 aromatic heterocycles. The van der Waals surface area contributed by atoms with Gasteiger partial charge in [0.2, 0.25) is 0 Å². The van der Waals surface area contributed by atoms with Gasteiger partial charge in [-0.1, -0.05) is 27.2 Å². The zero-order valence-corrected chi connectivity index (χ0v) is 12.1. The Kier molecular flexibility index (Phi) is 8.04. The lowest BCUT2D eigenvalue weighted by Gasteiger charge is -2.32. The van der Waals surface area contributed by atoms with Gasteiger partial charge in [-0.05, 0) is 45.6 Å². The van der Waals surface area contributed by atoms with Crippen molar-refractivity contribution in [3.63, 3.8) is 0 Å². The number of ether oxygens (including phenoxy) is 1. The zero-order chi connectivity index (χ0) is 12.6. The predicted octanol–water partition coefficient (Wildman–Crippen LogP) is 3.61. The molecule has 1 N–H and O–H groups in total. The van der Waals surface area contributed by atoms with Crippen LogP contribution in [-0.4, -0.2) is 25.3 Å². The maximum atomic E-state index is 5.51. The molecule has 2 atom stereocenters. The Morgan fingerprint density at radius 2 is 1.81 bits per heavy atom. The van der Waals surface area contributed by atoms with Crippen molar-refractivity contribution in [1.29, 1.82) is 0 Å². The van der Waals surface area contributed by atoms with E-state index in [1.165, 1.54) is 19.3 Å². The van der Waals surface area contributed by atoms with Gasteiger partial charge in [-0.25, -0.2) is 0 Å². The molecule has 2 unspecified atom stereocenters. The lowest BCUT2D eigenvalue weighted by Crippen LogP contribution is -2.39. The summed E-state index contributed by atoms with van der Waals surface area (Å²) in [5, 5.41) is 3.66. The van der Waals surface area contributed by atoms with Gasteiger partial charge in [0.15, 0.2) is 0 Å². The van der Waals surface area contributed by atoms with E-state index in [1.807, 2.05) is 0 Å². The molecule has 0 aliphatic carbocycles. The monoisotopic (exact) mass is 229 g/mol. The Morgan fingerprint density at radius 3 is 2.25 bits per heavy atom. The Hall–Kier alpha value is -0.0800. The van der Waals surface area contributed by atoms with Crippen LogP contribution in [0.4, 0.5) is 0 Å². The highest BCUT2D eigenvalue weighted by atomic mass is 16.5. The summed E-state index contributed by atoms with van der Waals surface area (Å²) in [7, 11) is 1.81. The lowest BCUT2D eigenvalue weighted by atomic mass is 9.87. The maximum Gasteiger partial charge on any atom is 0.0625 e. The van der Waals surface area contributed by atoms with Gasteiger partial charge >= 0.3 is 0 Å². The quantitative estimate of drug-likeness (QED) is 0.652. The Bertz CT molecular complexity index is 168. The van der Waals surface area contributed by atoms with Crippen molar-refractivity contribution in [3.05, 3.63) is 0 Å². The molecule has 0 amide bonds. The molecule has 0 aliphatic rings. The first kappa shape index (κ1) is 15.9. The van der Waals surface area contributed by atoms with E-state index in [1.54, 1.807) is 7.11 Å². The van der Waals surface area contributed by atoms with Crippen LogP contribution < -0.4 is 5.32 Å². The Morgan fingerprint density at radius 1 is 1.19 bits per heavy atom. The molecule has 0 radical (unpaired) electrons. The van der Waals surface area contributed by atoms with Gasteiger partial charge in [0.05, 0.1) is 5.60 Å². The summed E-state index contributed by atoms with van der Waals surface area (Å²) in [6, 6.07) is 0.638. The topological polar surface area (TPSA) is 21.3 Å². The lowest BCUT2D eigenvalue weighted by molar-refractivity contribution is -0.000725. The minimum Gasteiger partial charge on any atom is -0.379 e. The number of rotatable bonds is 9. The van der Waals surface area contributed by atoms with Crippen molar-refractivity contribution in [3.8, 4) is 0 Å². The normalized spacial score (nSPS) is 16.1. The molecule has 2 nitrogen and oxygen atoms in total. The zero-order valence-electron chi connectivity index (χ0n) is 12.1. The van der Waals surface area contributed by atoms with Crippen LogP contribution in [0, 0.1) is 5.92 Å². The van der Waals surface area contributed by atoms with Crippen molar-refractivity contribution in [2.45, 2.75) is 71.9 Å². The van der Waals surface area contributed by atoms with Gasteiger partial charge < -0.3 is 10.1 Å². The van der Waals surface area contributed by atoms with Crippen LogP contribution in [0.3, 0.4) is 0 Å². The summed E-state index contributed by atoms with van der Waals surface area (Å²) >= 11 is 0. The van der Waals surface area contributed by atoms with E-state index in [0.717, 1.165) is 13.0 Å². The third kappa shape index (κ3) is 6.49. The second-order valence-corrected chi connectivity index (χ2v) is 5.49. The standard InChI is InChI=1S/C14H31NO/c1-7-9-13(15-10-8-2)12(3)11-14(4,5)16-6/h12-13,15H,7-11H2,1-6H3. The molecule has 0 saturated heterocycles. The molecule has 0 saturated carbocycles. The summed E-state index contributed by atoms with van der Waals surface area (Å²) in [6.45, 7) is 12.3. The molecule has 0 fully saturated rings. The molecular formula is C14H31NO.